The summed E-state index contributed by atoms with van der Waals surface area (Å²) in [6.45, 7) is 0.580. The van der Waals surface area contributed by atoms with Crippen molar-refractivity contribution in [3.8, 4) is 0 Å². The highest BCUT2D eigenvalue weighted by Crippen LogP contribution is 2.02. The van der Waals surface area contributed by atoms with Gasteiger partial charge in [0.05, 0.1) is 6.42 Å². The van der Waals surface area contributed by atoms with Gasteiger partial charge in [-0.25, -0.2) is 4.79 Å². The number of aliphatic carboxylic acids is 1. The van der Waals surface area contributed by atoms with Crippen molar-refractivity contribution in [2.45, 2.75) is 31.7 Å². The van der Waals surface area contributed by atoms with E-state index in [-0.39, 0.29) is 18.7 Å². The summed E-state index contributed by atoms with van der Waals surface area (Å²) in [4.78, 5) is 44.0. The van der Waals surface area contributed by atoms with E-state index in [0.29, 0.717) is 13.0 Å². The van der Waals surface area contributed by atoms with Gasteiger partial charge < -0.3 is 15.7 Å². The number of carboxylic acid groups (broad SMARTS) is 1. The van der Waals surface area contributed by atoms with Gasteiger partial charge in [-0.3, -0.25) is 19.7 Å². The van der Waals surface area contributed by atoms with E-state index in [2.05, 4.69) is 10.6 Å². The minimum Gasteiger partial charge on any atom is -0.481 e. The minimum absolute atomic E-state index is 0.278. The van der Waals surface area contributed by atoms with Crippen LogP contribution in [-0.2, 0) is 14.4 Å². The van der Waals surface area contributed by atoms with E-state index in [4.69, 9.17) is 5.11 Å². The molecule has 1 atom stereocenters. The number of carboxylic acids is 1. The molecule has 0 aromatic heterocycles. The molecule has 18 heavy (non-hydrogen) atoms. The number of rotatable bonds is 4. The quantitative estimate of drug-likeness (QED) is 0.511. The van der Waals surface area contributed by atoms with E-state index in [0.717, 1.165) is 6.42 Å². The Morgan fingerprint density at radius 3 is 2.67 bits per heavy atom. The zero-order chi connectivity index (χ0) is 13.5. The summed E-state index contributed by atoms with van der Waals surface area (Å²) in [7, 11) is 0. The molecule has 1 fully saturated rings. The van der Waals surface area contributed by atoms with Crippen molar-refractivity contribution < 1.29 is 24.3 Å². The Labute approximate surface area is 103 Å². The third kappa shape index (κ3) is 4.81. The molecule has 0 spiro atoms. The number of hydrogen-bond acceptors (Lipinski definition) is 4. The van der Waals surface area contributed by atoms with Crippen LogP contribution in [-0.4, -0.2) is 41.5 Å². The third-order valence-electron chi connectivity index (χ3n) is 2.41. The van der Waals surface area contributed by atoms with Crippen LogP contribution in [0.15, 0.2) is 0 Å². The molecule has 8 heteroatoms. The largest absolute Gasteiger partial charge is 0.481 e. The number of nitrogens with one attached hydrogen (secondary N) is 3. The van der Waals surface area contributed by atoms with E-state index >= 15 is 0 Å². The van der Waals surface area contributed by atoms with Gasteiger partial charge in [0.2, 0.25) is 11.8 Å². The van der Waals surface area contributed by atoms with Gasteiger partial charge in [-0.15, -0.1) is 0 Å². The highest BCUT2D eigenvalue weighted by atomic mass is 16.4. The maximum absolute atomic E-state index is 11.3. The fourth-order valence-corrected chi connectivity index (χ4v) is 1.51. The van der Waals surface area contributed by atoms with Gasteiger partial charge in [-0.2, -0.15) is 0 Å². The molecule has 4 amide bonds. The summed E-state index contributed by atoms with van der Waals surface area (Å²) in [6, 6.07) is -1.43. The van der Waals surface area contributed by atoms with Crippen LogP contribution >= 0.6 is 0 Å². The molecule has 0 bridgehead atoms. The molecular weight excluding hydrogens is 242 g/mol. The second-order valence-corrected chi connectivity index (χ2v) is 3.90. The summed E-state index contributed by atoms with van der Waals surface area (Å²) >= 11 is 0. The number of piperidine rings is 1. The molecule has 4 N–H and O–H groups in total. The van der Waals surface area contributed by atoms with Crippen molar-refractivity contribution in [2.24, 2.45) is 0 Å². The number of carbonyl (C=O) groups excluding carboxylic acids is 3. The standard InChI is InChI=1S/C10H15N3O5/c14-7(3-4-8(15)16)13-10(18)12-6-2-1-5-11-9(6)17/h6H,1-5H2,(H,11,17)(H,15,16)(H2,12,13,14,18). The Balaban J connectivity index is 2.30. The lowest BCUT2D eigenvalue weighted by molar-refractivity contribution is -0.138. The minimum atomic E-state index is -1.11. The average Bonchev–Trinajstić information content (AvgIpc) is 2.29. The van der Waals surface area contributed by atoms with E-state index < -0.39 is 23.9 Å². The number of imide groups is 1. The molecule has 1 aliphatic rings. The zero-order valence-corrected chi connectivity index (χ0v) is 9.69. The van der Waals surface area contributed by atoms with Gasteiger partial charge in [-0.05, 0) is 12.8 Å². The van der Waals surface area contributed by atoms with E-state index in [1.165, 1.54) is 0 Å². The number of urea groups is 1. The molecule has 0 radical (unpaired) electrons. The fourth-order valence-electron chi connectivity index (χ4n) is 1.51. The van der Waals surface area contributed by atoms with Crippen molar-refractivity contribution in [1.29, 1.82) is 0 Å². The summed E-state index contributed by atoms with van der Waals surface area (Å²) in [5.41, 5.74) is 0. The lowest BCUT2D eigenvalue weighted by Gasteiger charge is -2.22. The predicted molar refractivity (Wildman–Crippen MR) is 59.6 cm³/mol. The first kappa shape index (κ1) is 13.9. The smallest absolute Gasteiger partial charge is 0.322 e. The van der Waals surface area contributed by atoms with Crippen LogP contribution < -0.4 is 16.0 Å². The number of amides is 4. The third-order valence-corrected chi connectivity index (χ3v) is 2.41. The van der Waals surface area contributed by atoms with Crippen molar-refractivity contribution in [1.82, 2.24) is 16.0 Å². The Kier molecular flexibility index (Phi) is 5.09. The highest BCUT2D eigenvalue weighted by Gasteiger charge is 2.24. The first-order valence-electron chi connectivity index (χ1n) is 5.59. The average molecular weight is 257 g/mol. The second kappa shape index (κ2) is 6.58. The SMILES string of the molecule is O=C(O)CCC(=O)NC(=O)NC1CCCNC1=O. The van der Waals surface area contributed by atoms with Crippen LogP contribution in [0.4, 0.5) is 4.79 Å². The molecule has 0 saturated carbocycles. The number of hydrogen-bond donors (Lipinski definition) is 4. The summed E-state index contributed by atoms with van der Waals surface area (Å²) in [5, 5.41) is 15.3. The fraction of sp³-hybridized carbons (Fsp3) is 0.600. The lowest BCUT2D eigenvalue weighted by Crippen LogP contribution is -2.53. The Hall–Kier alpha value is -2.12. The molecule has 1 heterocycles. The predicted octanol–water partition coefficient (Wildman–Crippen LogP) is -1.04. The Morgan fingerprint density at radius 1 is 1.33 bits per heavy atom. The first-order valence-corrected chi connectivity index (χ1v) is 5.59. The van der Waals surface area contributed by atoms with Crippen molar-refractivity contribution in [3.05, 3.63) is 0 Å². The topological polar surface area (TPSA) is 125 Å². The van der Waals surface area contributed by atoms with Gasteiger partial charge in [0.15, 0.2) is 0 Å². The molecule has 8 nitrogen and oxygen atoms in total. The van der Waals surface area contributed by atoms with Gasteiger partial charge in [0.1, 0.15) is 6.04 Å². The van der Waals surface area contributed by atoms with Crippen LogP contribution in [0.3, 0.4) is 0 Å². The maximum Gasteiger partial charge on any atom is 0.322 e. The molecule has 1 rings (SSSR count). The maximum atomic E-state index is 11.3. The highest BCUT2D eigenvalue weighted by molar-refractivity contribution is 5.97. The summed E-state index contributed by atoms with van der Waals surface area (Å²) < 4.78 is 0. The van der Waals surface area contributed by atoms with Gasteiger partial charge in [-0.1, -0.05) is 0 Å². The Morgan fingerprint density at radius 2 is 2.06 bits per heavy atom. The van der Waals surface area contributed by atoms with Crippen LogP contribution in [0, 0.1) is 0 Å². The van der Waals surface area contributed by atoms with E-state index in [9.17, 15) is 19.2 Å². The van der Waals surface area contributed by atoms with Crippen LogP contribution in [0.25, 0.3) is 0 Å². The molecule has 1 unspecified atom stereocenters. The van der Waals surface area contributed by atoms with Crippen molar-refractivity contribution in [2.75, 3.05) is 6.54 Å². The molecular formula is C10H15N3O5. The summed E-state index contributed by atoms with van der Waals surface area (Å²) in [6.07, 6.45) is 0.648. The molecule has 0 aromatic carbocycles. The molecule has 1 saturated heterocycles. The van der Waals surface area contributed by atoms with E-state index in [1.54, 1.807) is 0 Å². The van der Waals surface area contributed by atoms with Crippen LogP contribution in [0.1, 0.15) is 25.7 Å². The van der Waals surface area contributed by atoms with E-state index in [1.807, 2.05) is 5.32 Å². The Bertz CT molecular complexity index is 369. The zero-order valence-electron chi connectivity index (χ0n) is 9.69. The van der Waals surface area contributed by atoms with Gasteiger partial charge >= 0.3 is 12.0 Å². The lowest BCUT2D eigenvalue weighted by atomic mass is 10.1. The normalized spacial score (nSPS) is 18.7. The summed E-state index contributed by atoms with van der Waals surface area (Å²) in [5.74, 6) is -2.09. The van der Waals surface area contributed by atoms with Crippen LogP contribution in [0.5, 0.6) is 0 Å². The second-order valence-electron chi connectivity index (χ2n) is 3.90. The first-order chi connectivity index (χ1) is 8.49. The van der Waals surface area contributed by atoms with Gasteiger partial charge in [0.25, 0.3) is 0 Å². The number of carbonyl (C=O) groups is 4. The molecule has 100 valence electrons. The van der Waals surface area contributed by atoms with Gasteiger partial charge in [0, 0.05) is 13.0 Å². The monoisotopic (exact) mass is 257 g/mol. The molecule has 0 aromatic rings. The molecule has 1 aliphatic heterocycles. The van der Waals surface area contributed by atoms with Crippen molar-refractivity contribution in [3.63, 3.8) is 0 Å². The molecule has 0 aliphatic carbocycles. The van der Waals surface area contributed by atoms with Crippen molar-refractivity contribution >= 4 is 23.8 Å². The van der Waals surface area contributed by atoms with Crippen LogP contribution in [0.2, 0.25) is 0 Å².